The van der Waals surface area contributed by atoms with E-state index in [1.165, 1.54) is 4.90 Å². The van der Waals surface area contributed by atoms with Gasteiger partial charge in [0, 0.05) is 18.5 Å². The van der Waals surface area contributed by atoms with Crippen molar-refractivity contribution in [2.75, 3.05) is 16.8 Å². The highest BCUT2D eigenvalue weighted by Crippen LogP contribution is 2.39. The van der Waals surface area contributed by atoms with Crippen molar-refractivity contribution >= 4 is 35.1 Å². The molecule has 2 heterocycles. The van der Waals surface area contributed by atoms with Gasteiger partial charge < -0.3 is 15.4 Å². The average Bonchev–Trinajstić information content (AvgIpc) is 3.10. The van der Waals surface area contributed by atoms with Crippen LogP contribution in [0.3, 0.4) is 0 Å². The van der Waals surface area contributed by atoms with Crippen LogP contribution >= 0.6 is 0 Å². The molecule has 2 aliphatic rings. The fraction of sp³-hybridized carbons (Fsp3) is 0.273. The second-order valence-corrected chi connectivity index (χ2v) is 7.23. The molecule has 2 aliphatic heterocycles. The number of carbonyl (C=O) groups excluding carboxylic acids is 4. The van der Waals surface area contributed by atoms with Gasteiger partial charge in [0.05, 0.1) is 23.4 Å². The number of ether oxygens (including phenoxy) is 1. The number of esters is 1. The number of hydrogen-bond donors (Lipinski definition) is 2. The molecule has 0 aliphatic carbocycles. The number of nitrogens with one attached hydrogen (secondary N) is 2. The van der Waals surface area contributed by atoms with E-state index in [9.17, 15) is 19.2 Å². The summed E-state index contributed by atoms with van der Waals surface area (Å²) in [5.41, 5.74) is 0.103. The number of para-hydroxylation sites is 1. The second kappa shape index (κ2) is 7.62. The SMILES string of the molecule is CCCOC(=O)c1ccc(NC(=O)[C@@]23CCC(=O)N2c2ccccc2C(=O)N3)cc1. The Morgan fingerprint density at radius 3 is 2.60 bits per heavy atom. The summed E-state index contributed by atoms with van der Waals surface area (Å²) < 4.78 is 5.09. The molecule has 2 aromatic carbocycles. The van der Waals surface area contributed by atoms with Gasteiger partial charge in [0.15, 0.2) is 0 Å². The Labute approximate surface area is 173 Å². The van der Waals surface area contributed by atoms with E-state index >= 15 is 0 Å². The van der Waals surface area contributed by atoms with Gasteiger partial charge in [0.25, 0.3) is 11.8 Å². The van der Waals surface area contributed by atoms with Gasteiger partial charge in [-0.05, 0) is 42.8 Å². The lowest BCUT2D eigenvalue weighted by Crippen LogP contribution is -2.68. The van der Waals surface area contributed by atoms with Crippen molar-refractivity contribution in [1.82, 2.24) is 5.32 Å². The van der Waals surface area contributed by atoms with Crippen LogP contribution < -0.4 is 15.5 Å². The largest absolute Gasteiger partial charge is 0.462 e. The summed E-state index contributed by atoms with van der Waals surface area (Å²) >= 11 is 0. The quantitative estimate of drug-likeness (QED) is 0.741. The predicted molar refractivity (Wildman–Crippen MR) is 109 cm³/mol. The molecule has 1 fully saturated rings. The second-order valence-electron chi connectivity index (χ2n) is 7.23. The molecule has 8 heteroatoms. The molecular formula is C22H21N3O5. The van der Waals surface area contributed by atoms with E-state index in [0.717, 1.165) is 6.42 Å². The number of fused-ring (bicyclic) bond motifs is 3. The Balaban J connectivity index is 1.58. The number of anilines is 2. The maximum absolute atomic E-state index is 13.2. The summed E-state index contributed by atoms with van der Waals surface area (Å²) in [7, 11) is 0. The van der Waals surface area contributed by atoms with E-state index in [4.69, 9.17) is 4.74 Å². The van der Waals surface area contributed by atoms with Gasteiger partial charge in [0.1, 0.15) is 0 Å². The molecule has 0 aromatic heterocycles. The lowest BCUT2D eigenvalue weighted by atomic mass is 9.98. The van der Waals surface area contributed by atoms with Gasteiger partial charge >= 0.3 is 5.97 Å². The van der Waals surface area contributed by atoms with Crippen LogP contribution in [0.25, 0.3) is 0 Å². The maximum Gasteiger partial charge on any atom is 0.338 e. The molecule has 0 saturated carbocycles. The number of benzene rings is 2. The fourth-order valence-corrected chi connectivity index (χ4v) is 3.77. The van der Waals surface area contributed by atoms with E-state index in [1.807, 2.05) is 6.92 Å². The molecule has 1 saturated heterocycles. The van der Waals surface area contributed by atoms with Crippen LogP contribution in [-0.4, -0.2) is 36.0 Å². The number of amides is 3. The third kappa shape index (κ3) is 3.20. The van der Waals surface area contributed by atoms with Crippen molar-refractivity contribution in [2.24, 2.45) is 0 Å². The molecule has 0 bridgehead atoms. The molecule has 0 radical (unpaired) electrons. The maximum atomic E-state index is 13.2. The number of rotatable bonds is 5. The topological polar surface area (TPSA) is 105 Å². The van der Waals surface area contributed by atoms with Gasteiger partial charge in [-0.15, -0.1) is 0 Å². The molecule has 0 spiro atoms. The highest BCUT2D eigenvalue weighted by Gasteiger charge is 2.56. The standard InChI is InChI=1S/C22H21N3O5/c1-2-13-30-20(28)14-7-9-15(10-8-14)23-21(29)22-12-11-18(26)25(22)17-6-4-3-5-16(17)19(27)24-22/h3-10H,2,11-13H2,1H3,(H,23,29)(H,24,27)/t22-/m1/s1. The predicted octanol–water partition coefficient (Wildman–Crippen LogP) is 2.46. The molecule has 2 N–H and O–H groups in total. The van der Waals surface area contributed by atoms with Crippen molar-refractivity contribution < 1.29 is 23.9 Å². The molecule has 1 atom stereocenters. The van der Waals surface area contributed by atoms with E-state index in [2.05, 4.69) is 10.6 Å². The zero-order chi connectivity index (χ0) is 21.3. The zero-order valence-corrected chi connectivity index (χ0v) is 16.4. The van der Waals surface area contributed by atoms with Gasteiger partial charge in [-0.3, -0.25) is 19.3 Å². The lowest BCUT2D eigenvalue weighted by molar-refractivity contribution is -0.124. The summed E-state index contributed by atoms with van der Waals surface area (Å²) in [5, 5.41) is 5.49. The van der Waals surface area contributed by atoms with Crippen LogP contribution in [0.4, 0.5) is 11.4 Å². The van der Waals surface area contributed by atoms with Gasteiger partial charge in [-0.2, -0.15) is 0 Å². The van der Waals surface area contributed by atoms with Gasteiger partial charge in [0.2, 0.25) is 11.6 Å². The summed E-state index contributed by atoms with van der Waals surface area (Å²) in [6.07, 6.45) is 1.04. The van der Waals surface area contributed by atoms with Crippen molar-refractivity contribution in [2.45, 2.75) is 31.8 Å². The van der Waals surface area contributed by atoms with E-state index in [-0.39, 0.29) is 18.7 Å². The van der Waals surface area contributed by atoms with Crippen LogP contribution in [0.15, 0.2) is 48.5 Å². The van der Waals surface area contributed by atoms with Gasteiger partial charge in [-0.1, -0.05) is 19.1 Å². The third-order valence-corrected chi connectivity index (χ3v) is 5.23. The Morgan fingerprint density at radius 2 is 1.87 bits per heavy atom. The Bertz CT molecular complexity index is 1030. The first kappa shape index (κ1) is 19.6. The van der Waals surface area contributed by atoms with E-state index < -0.39 is 23.4 Å². The summed E-state index contributed by atoms with van der Waals surface area (Å²) in [6, 6.07) is 13.0. The minimum absolute atomic E-state index is 0.143. The summed E-state index contributed by atoms with van der Waals surface area (Å²) in [6.45, 7) is 2.25. The van der Waals surface area contributed by atoms with Crippen molar-refractivity contribution in [3.05, 3.63) is 59.7 Å². The Hall–Kier alpha value is -3.68. The number of nitrogens with zero attached hydrogens (tertiary/aromatic N) is 1. The summed E-state index contributed by atoms with van der Waals surface area (Å²) in [4.78, 5) is 51.7. The van der Waals surface area contributed by atoms with Crippen LogP contribution in [0.1, 0.15) is 46.9 Å². The molecule has 2 aromatic rings. The minimum atomic E-state index is -1.48. The highest BCUT2D eigenvalue weighted by molar-refractivity contribution is 6.18. The molecule has 8 nitrogen and oxygen atoms in total. The number of hydrogen-bond acceptors (Lipinski definition) is 5. The van der Waals surface area contributed by atoms with E-state index in [1.54, 1.807) is 48.5 Å². The molecule has 3 amide bonds. The summed E-state index contributed by atoms with van der Waals surface area (Å²) in [5.74, 6) is -1.58. The van der Waals surface area contributed by atoms with Crippen LogP contribution in [-0.2, 0) is 14.3 Å². The van der Waals surface area contributed by atoms with Crippen molar-refractivity contribution in [1.29, 1.82) is 0 Å². The molecule has 30 heavy (non-hydrogen) atoms. The van der Waals surface area contributed by atoms with E-state index in [0.29, 0.717) is 29.1 Å². The monoisotopic (exact) mass is 407 g/mol. The van der Waals surface area contributed by atoms with Crippen molar-refractivity contribution in [3.63, 3.8) is 0 Å². The third-order valence-electron chi connectivity index (χ3n) is 5.23. The normalized spacial score (nSPS) is 19.6. The molecular weight excluding hydrogens is 386 g/mol. The van der Waals surface area contributed by atoms with Crippen LogP contribution in [0.5, 0.6) is 0 Å². The van der Waals surface area contributed by atoms with Crippen molar-refractivity contribution in [3.8, 4) is 0 Å². The van der Waals surface area contributed by atoms with Gasteiger partial charge in [-0.25, -0.2) is 4.79 Å². The van der Waals surface area contributed by atoms with Crippen LogP contribution in [0.2, 0.25) is 0 Å². The average molecular weight is 407 g/mol. The number of carbonyl (C=O) groups is 4. The molecule has 154 valence electrons. The lowest BCUT2D eigenvalue weighted by Gasteiger charge is -2.41. The smallest absolute Gasteiger partial charge is 0.338 e. The first-order valence-corrected chi connectivity index (χ1v) is 9.79. The first-order valence-electron chi connectivity index (χ1n) is 9.79. The fourth-order valence-electron chi connectivity index (χ4n) is 3.77. The first-order chi connectivity index (χ1) is 14.5. The molecule has 0 unspecified atom stereocenters. The zero-order valence-electron chi connectivity index (χ0n) is 16.4. The molecule has 4 rings (SSSR count). The highest BCUT2D eigenvalue weighted by atomic mass is 16.5. The minimum Gasteiger partial charge on any atom is -0.462 e. The van der Waals surface area contributed by atoms with Crippen LogP contribution in [0, 0.1) is 0 Å². The Kier molecular flexibility index (Phi) is 4.99. The Morgan fingerprint density at radius 1 is 1.13 bits per heavy atom.